The van der Waals surface area contributed by atoms with E-state index >= 15 is 0 Å². The van der Waals surface area contributed by atoms with E-state index in [4.69, 9.17) is 0 Å². The third kappa shape index (κ3) is 3.49. The van der Waals surface area contributed by atoms with Crippen LogP contribution in [0.1, 0.15) is 39.2 Å². The van der Waals surface area contributed by atoms with Crippen LogP contribution in [0.2, 0.25) is 0 Å². The maximum absolute atomic E-state index is 3.46. The molecule has 100 valence electrons. The average Bonchev–Trinajstić information content (AvgIpc) is 2.27. The van der Waals surface area contributed by atoms with E-state index in [1.54, 1.807) is 0 Å². The lowest BCUT2D eigenvalue weighted by molar-refractivity contribution is 0.566. The molecule has 1 fully saturated rings. The van der Waals surface area contributed by atoms with Crippen LogP contribution in [0, 0.1) is 0 Å². The average molecular weight is 246 g/mol. The summed E-state index contributed by atoms with van der Waals surface area (Å²) in [6.07, 6.45) is 2.47. The molecular formula is C16H26N2. The largest absolute Gasteiger partial charge is 0.371 e. The van der Waals surface area contributed by atoms with Crippen molar-refractivity contribution in [1.82, 2.24) is 5.32 Å². The zero-order valence-corrected chi connectivity index (χ0v) is 12.0. The summed E-state index contributed by atoms with van der Waals surface area (Å²) in [6, 6.07) is 9.14. The van der Waals surface area contributed by atoms with Crippen molar-refractivity contribution < 1.29 is 0 Å². The summed E-state index contributed by atoms with van der Waals surface area (Å²) < 4.78 is 0. The molecule has 1 saturated heterocycles. The van der Waals surface area contributed by atoms with E-state index in [0.29, 0.717) is 0 Å². The van der Waals surface area contributed by atoms with Gasteiger partial charge in [-0.15, -0.1) is 0 Å². The third-order valence-corrected chi connectivity index (χ3v) is 3.66. The van der Waals surface area contributed by atoms with E-state index in [2.05, 4.69) is 55.3 Å². The van der Waals surface area contributed by atoms with Crippen molar-refractivity contribution in [2.75, 3.05) is 31.1 Å². The summed E-state index contributed by atoms with van der Waals surface area (Å²) in [5.41, 5.74) is 3.04. The minimum atomic E-state index is 0.249. The fraction of sp³-hybridized carbons (Fsp3) is 0.625. The van der Waals surface area contributed by atoms with Gasteiger partial charge in [0.1, 0.15) is 0 Å². The minimum Gasteiger partial charge on any atom is -0.371 e. The number of nitrogens with zero attached hydrogens (tertiary/aromatic N) is 1. The van der Waals surface area contributed by atoms with Gasteiger partial charge in [0, 0.05) is 18.8 Å². The van der Waals surface area contributed by atoms with Crippen LogP contribution in [0.4, 0.5) is 5.69 Å². The molecule has 0 saturated carbocycles. The first-order valence-corrected chi connectivity index (χ1v) is 7.13. The quantitative estimate of drug-likeness (QED) is 0.819. The van der Waals surface area contributed by atoms with E-state index in [9.17, 15) is 0 Å². The Kier molecular flexibility index (Phi) is 4.28. The Morgan fingerprint density at radius 1 is 0.944 bits per heavy atom. The first-order valence-electron chi connectivity index (χ1n) is 7.13. The highest BCUT2D eigenvalue weighted by molar-refractivity contribution is 5.48. The Hall–Kier alpha value is -1.02. The number of hydrogen-bond acceptors (Lipinski definition) is 2. The second kappa shape index (κ2) is 5.75. The molecule has 0 spiro atoms. The molecule has 2 heteroatoms. The molecule has 1 aliphatic rings. The molecule has 0 radical (unpaired) electrons. The molecule has 0 atom stereocenters. The van der Waals surface area contributed by atoms with Gasteiger partial charge in [0.2, 0.25) is 0 Å². The lowest BCUT2D eigenvalue weighted by Crippen LogP contribution is -2.33. The molecule has 2 rings (SSSR count). The fourth-order valence-corrected chi connectivity index (χ4v) is 2.46. The molecule has 0 aliphatic carbocycles. The number of rotatable bonds is 1. The Labute approximate surface area is 111 Å². The van der Waals surface area contributed by atoms with Gasteiger partial charge in [-0.25, -0.2) is 0 Å². The van der Waals surface area contributed by atoms with Crippen LogP contribution in [0.25, 0.3) is 0 Å². The van der Waals surface area contributed by atoms with Crippen molar-refractivity contribution >= 4 is 5.69 Å². The van der Waals surface area contributed by atoms with E-state index in [1.807, 2.05) is 0 Å². The van der Waals surface area contributed by atoms with Crippen molar-refractivity contribution in [3.8, 4) is 0 Å². The molecular weight excluding hydrogens is 220 g/mol. The van der Waals surface area contributed by atoms with Crippen LogP contribution in [-0.2, 0) is 5.41 Å². The molecule has 1 aromatic rings. The molecule has 0 amide bonds. The van der Waals surface area contributed by atoms with Gasteiger partial charge in [0.15, 0.2) is 0 Å². The summed E-state index contributed by atoms with van der Waals surface area (Å²) in [5.74, 6) is 0. The highest BCUT2D eigenvalue weighted by Crippen LogP contribution is 2.25. The first-order chi connectivity index (χ1) is 8.57. The molecule has 2 nitrogen and oxygen atoms in total. The lowest BCUT2D eigenvalue weighted by Gasteiger charge is -2.28. The Morgan fingerprint density at radius 3 is 2.00 bits per heavy atom. The summed E-state index contributed by atoms with van der Waals surface area (Å²) >= 11 is 0. The normalized spacial score (nSPS) is 18.3. The van der Waals surface area contributed by atoms with E-state index in [0.717, 1.165) is 13.1 Å². The van der Waals surface area contributed by atoms with Crippen LogP contribution < -0.4 is 10.2 Å². The van der Waals surface area contributed by atoms with Gasteiger partial charge in [-0.2, -0.15) is 0 Å². The Morgan fingerprint density at radius 2 is 1.50 bits per heavy atom. The Balaban J connectivity index is 2.07. The molecule has 1 N–H and O–H groups in total. The molecule has 1 heterocycles. The predicted octanol–water partition coefficient (Wildman–Crippen LogP) is 3.17. The highest BCUT2D eigenvalue weighted by Gasteiger charge is 2.14. The number of hydrogen-bond donors (Lipinski definition) is 1. The van der Waals surface area contributed by atoms with Gasteiger partial charge >= 0.3 is 0 Å². The fourth-order valence-electron chi connectivity index (χ4n) is 2.46. The molecule has 1 aromatic carbocycles. The van der Waals surface area contributed by atoms with Gasteiger partial charge in [-0.1, -0.05) is 32.9 Å². The topological polar surface area (TPSA) is 15.3 Å². The zero-order valence-electron chi connectivity index (χ0n) is 12.0. The molecule has 18 heavy (non-hydrogen) atoms. The third-order valence-electron chi connectivity index (χ3n) is 3.66. The van der Waals surface area contributed by atoms with Gasteiger partial charge < -0.3 is 10.2 Å². The molecule has 1 aliphatic heterocycles. The van der Waals surface area contributed by atoms with Crippen molar-refractivity contribution in [2.24, 2.45) is 0 Å². The van der Waals surface area contributed by atoms with Crippen molar-refractivity contribution in [1.29, 1.82) is 0 Å². The second-order valence-electron chi connectivity index (χ2n) is 6.24. The Bertz CT molecular complexity index is 354. The predicted molar refractivity (Wildman–Crippen MR) is 79.5 cm³/mol. The first kappa shape index (κ1) is 13.4. The summed E-state index contributed by atoms with van der Waals surface area (Å²) in [6.45, 7) is 11.4. The second-order valence-corrected chi connectivity index (χ2v) is 6.24. The van der Waals surface area contributed by atoms with E-state index < -0.39 is 0 Å². The molecule has 0 unspecified atom stereocenters. The monoisotopic (exact) mass is 246 g/mol. The number of benzene rings is 1. The van der Waals surface area contributed by atoms with Crippen LogP contribution >= 0.6 is 0 Å². The van der Waals surface area contributed by atoms with Crippen molar-refractivity contribution in [3.63, 3.8) is 0 Å². The minimum absolute atomic E-state index is 0.249. The SMILES string of the molecule is CC(C)(C)c1ccc(N2CCCNCCC2)cc1. The van der Waals surface area contributed by atoms with Gasteiger partial charge in [-0.05, 0) is 49.0 Å². The maximum atomic E-state index is 3.46. The zero-order chi connectivity index (χ0) is 13.0. The van der Waals surface area contributed by atoms with E-state index in [1.165, 1.54) is 37.2 Å². The maximum Gasteiger partial charge on any atom is 0.0366 e. The number of nitrogens with one attached hydrogen (secondary N) is 1. The number of anilines is 1. The molecule has 0 bridgehead atoms. The lowest BCUT2D eigenvalue weighted by atomic mass is 9.87. The summed E-state index contributed by atoms with van der Waals surface area (Å²) in [4.78, 5) is 2.52. The van der Waals surface area contributed by atoms with Gasteiger partial charge in [-0.3, -0.25) is 0 Å². The van der Waals surface area contributed by atoms with Crippen molar-refractivity contribution in [2.45, 2.75) is 39.0 Å². The van der Waals surface area contributed by atoms with Crippen LogP contribution in [-0.4, -0.2) is 26.2 Å². The van der Waals surface area contributed by atoms with Gasteiger partial charge in [0.25, 0.3) is 0 Å². The van der Waals surface area contributed by atoms with Crippen LogP contribution in [0.3, 0.4) is 0 Å². The van der Waals surface area contributed by atoms with Crippen molar-refractivity contribution in [3.05, 3.63) is 29.8 Å². The van der Waals surface area contributed by atoms with E-state index in [-0.39, 0.29) is 5.41 Å². The molecule has 0 aromatic heterocycles. The smallest absolute Gasteiger partial charge is 0.0366 e. The standard InChI is InChI=1S/C16H26N2/c1-16(2,3)14-6-8-15(9-7-14)18-12-4-10-17-11-5-13-18/h6-9,17H,4-5,10-13H2,1-3H3. The van der Waals surface area contributed by atoms with Gasteiger partial charge in [0.05, 0.1) is 0 Å². The summed E-state index contributed by atoms with van der Waals surface area (Å²) in [7, 11) is 0. The van der Waals surface area contributed by atoms with Crippen LogP contribution in [0.5, 0.6) is 0 Å². The van der Waals surface area contributed by atoms with Crippen LogP contribution in [0.15, 0.2) is 24.3 Å². The summed E-state index contributed by atoms with van der Waals surface area (Å²) in [5, 5.41) is 3.46. The highest BCUT2D eigenvalue weighted by atomic mass is 15.1.